The summed E-state index contributed by atoms with van der Waals surface area (Å²) in [6.45, 7) is 0. The molecule has 1 aliphatic rings. The Morgan fingerprint density at radius 3 is 2.41 bits per heavy atom. The molecule has 0 heterocycles. The van der Waals surface area contributed by atoms with Crippen molar-refractivity contribution in [2.45, 2.75) is 25.3 Å². The second-order valence-corrected chi connectivity index (χ2v) is 6.66. The van der Waals surface area contributed by atoms with Crippen LogP contribution in [0, 0.1) is 10.1 Å². The largest absolute Gasteiger partial charge is 0.496 e. The Hall–Kier alpha value is -3.68. The Balaban J connectivity index is 1.85. The summed E-state index contributed by atoms with van der Waals surface area (Å²) in [4.78, 5) is 35.6. The van der Waals surface area contributed by atoms with Crippen LogP contribution in [0.1, 0.15) is 35.2 Å². The molecule has 2 aromatic carbocycles. The number of nitro benzene ring substituents is 1. The fraction of sp³-hybridized carbons (Fsp3) is 0.238. The lowest BCUT2D eigenvalue weighted by molar-refractivity contribution is -0.384. The average molecular weight is 395 g/mol. The van der Waals surface area contributed by atoms with E-state index in [4.69, 9.17) is 4.74 Å². The zero-order chi connectivity index (χ0) is 20.8. The van der Waals surface area contributed by atoms with E-state index in [9.17, 15) is 19.7 Å². The number of benzene rings is 2. The molecule has 0 unspecified atom stereocenters. The fourth-order valence-corrected chi connectivity index (χ4v) is 2.84. The number of ether oxygens (including phenoxy) is 1. The Kier molecular flexibility index (Phi) is 6.23. The maximum atomic E-state index is 12.7. The molecule has 1 fully saturated rings. The van der Waals surface area contributed by atoms with Crippen molar-refractivity contribution in [1.29, 1.82) is 0 Å². The molecule has 1 aliphatic carbocycles. The molecule has 0 bridgehead atoms. The van der Waals surface area contributed by atoms with Crippen molar-refractivity contribution in [2.24, 2.45) is 0 Å². The molecule has 2 N–H and O–H groups in total. The molecular formula is C21H21N3O5. The third kappa shape index (κ3) is 4.98. The molecule has 0 aliphatic heterocycles. The van der Waals surface area contributed by atoms with Crippen LogP contribution in [0.15, 0.2) is 54.2 Å². The van der Waals surface area contributed by atoms with E-state index in [0.29, 0.717) is 11.3 Å². The number of carbonyl (C=O) groups is 2. The van der Waals surface area contributed by atoms with E-state index < -0.39 is 16.7 Å². The first-order chi connectivity index (χ1) is 14.0. The van der Waals surface area contributed by atoms with Crippen LogP contribution in [0.5, 0.6) is 5.75 Å². The van der Waals surface area contributed by atoms with Gasteiger partial charge in [0.15, 0.2) is 0 Å². The topological polar surface area (TPSA) is 111 Å². The summed E-state index contributed by atoms with van der Waals surface area (Å²) in [5.74, 6) is -0.369. The van der Waals surface area contributed by atoms with Gasteiger partial charge < -0.3 is 15.4 Å². The summed E-state index contributed by atoms with van der Waals surface area (Å²) >= 11 is 0. The maximum Gasteiger partial charge on any atom is 0.269 e. The van der Waals surface area contributed by atoms with Gasteiger partial charge in [0.25, 0.3) is 17.5 Å². The van der Waals surface area contributed by atoms with Crippen LogP contribution in [0.25, 0.3) is 6.08 Å². The zero-order valence-electron chi connectivity index (χ0n) is 15.9. The monoisotopic (exact) mass is 395 g/mol. The second-order valence-electron chi connectivity index (χ2n) is 6.66. The molecule has 3 rings (SSSR count). The van der Waals surface area contributed by atoms with Gasteiger partial charge in [-0.25, -0.2) is 0 Å². The van der Waals surface area contributed by atoms with Crippen molar-refractivity contribution in [3.05, 3.63) is 75.5 Å². The number of rotatable bonds is 7. The van der Waals surface area contributed by atoms with Crippen molar-refractivity contribution < 1.29 is 19.2 Å². The average Bonchev–Trinajstić information content (AvgIpc) is 2.70. The van der Waals surface area contributed by atoms with Crippen molar-refractivity contribution in [3.63, 3.8) is 0 Å². The molecule has 0 atom stereocenters. The highest BCUT2D eigenvalue weighted by atomic mass is 16.6. The number of non-ortho nitro benzene ring substituents is 1. The molecule has 0 aromatic heterocycles. The van der Waals surface area contributed by atoms with E-state index in [0.717, 1.165) is 19.3 Å². The molecule has 29 heavy (non-hydrogen) atoms. The molecule has 0 spiro atoms. The van der Waals surface area contributed by atoms with Crippen molar-refractivity contribution in [3.8, 4) is 5.75 Å². The summed E-state index contributed by atoms with van der Waals surface area (Å²) in [6, 6.07) is 12.4. The molecule has 2 amide bonds. The van der Waals surface area contributed by atoms with Gasteiger partial charge in [-0.1, -0.05) is 18.2 Å². The standard InChI is InChI=1S/C21H21N3O5/c1-29-19-8-3-2-5-15(19)13-18(21(26)22-16-6-4-7-16)23-20(25)14-9-11-17(12-10-14)24(27)28/h2-3,5,8-13,16H,4,6-7H2,1H3,(H,22,26)(H,23,25). The van der Waals surface area contributed by atoms with Crippen molar-refractivity contribution >= 4 is 23.6 Å². The van der Waals surface area contributed by atoms with E-state index in [2.05, 4.69) is 10.6 Å². The Morgan fingerprint density at radius 2 is 1.83 bits per heavy atom. The highest BCUT2D eigenvalue weighted by molar-refractivity contribution is 6.05. The van der Waals surface area contributed by atoms with Gasteiger partial charge >= 0.3 is 0 Å². The Bertz CT molecular complexity index is 949. The molecular weight excluding hydrogens is 374 g/mol. The maximum absolute atomic E-state index is 12.7. The molecule has 2 aromatic rings. The van der Waals surface area contributed by atoms with Gasteiger partial charge in [-0.2, -0.15) is 0 Å². The predicted molar refractivity (Wildman–Crippen MR) is 107 cm³/mol. The van der Waals surface area contributed by atoms with E-state index in [1.807, 2.05) is 0 Å². The van der Waals surface area contributed by atoms with Gasteiger partial charge in [0.1, 0.15) is 11.4 Å². The van der Waals surface area contributed by atoms with Crippen LogP contribution >= 0.6 is 0 Å². The number of nitrogens with one attached hydrogen (secondary N) is 2. The van der Waals surface area contributed by atoms with Gasteiger partial charge in [0, 0.05) is 29.3 Å². The number of hydrogen-bond acceptors (Lipinski definition) is 5. The first kappa shape index (κ1) is 20.1. The number of nitrogens with zero attached hydrogens (tertiary/aromatic N) is 1. The third-order valence-corrected chi connectivity index (χ3v) is 4.71. The quantitative estimate of drug-likeness (QED) is 0.425. The van der Waals surface area contributed by atoms with E-state index in [1.54, 1.807) is 30.3 Å². The zero-order valence-corrected chi connectivity index (χ0v) is 15.9. The lowest BCUT2D eigenvalue weighted by atomic mass is 9.93. The minimum atomic E-state index is -0.541. The molecule has 0 radical (unpaired) electrons. The number of para-hydroxylation sites is 1. The molecule has 0 saturated heterocycles. The summed E-state index contributed by atoms with van der Waals surface area (Å²) in [7, 11) is 1.52. The number of nitro groups is 1. The van der Waals surface area contributed by atoms with Crippen LogP contribution in [-0.4, -0.2) is 29.9 Å². The molecule has 8 nitrogen and oxygen atoms in total. The first-order valence-electron chi connectivity index (χ1n) is 9.19. The second kappa shape index (κ2) is 9.01. The third-order valence-electron chi connectivity index (χ3n) is 4.71. The fourth-order valence-electron chi connectivity index (χ4n) is 2.84. The first-order valence-corrected chi connectivity index (χ1v) is 9.19. The van der Waals surface area contributed by atoms with Gasteiger partial charge in [0.05, 0.1) is 12.0 Å². The SMILES string of the molecule is COc1ccccc1C=C(NC(=O)c1ccc([N+](=O)[O-])cc1)C(=O)NC1CCC1. The molecule has 8 heteroatoms. The summed E-state index contributed by atoms with van der Waals surface area (Å²) in [6.07, 6.45) is 4.43. The highest BCUT2D eigenvalue weighted by Crippen LogP contribution is 2.22. The van der Waals surface area contributed by atoms with Crippen LogP contribution in [0.3, 0.4) is 0 Å². The predicted octanol–water partition coefficient (Wildman–Crippen LogP) is 3.04. The van der Waals surface area contributed by atoms with E-state index in [-0.39, 0.29) is 23.0 Å². The van der Waals surface area contributed by atoms with Crippen LogP contribution < -0.4 is 15.4 Å². The van der Waals surface area contributed by atoms with Gasteiger partial charge in [0.2, 0.25) is 0 Å². The minimum Gasteiger partial charge on any atom is -0.496 e. The number of methoxy groups -OCH3 is 1. The Labute approximate surface area is 167 Å². The van der Waals surface area contributed by atoms with Gasteiger partial charge in [-0.15, -0.1) is 0 Å². The lowest BCUT2D eigenvalue weighted by Crippen LogP contribution is -2.43. The van der Waals surface area contributed by atoms with Gasteiger partial charge in [-0.3, -0.25) is 19.7 Å². The van der Waals surface area contributed by atoms with Crippen molar-refractivity contribution in [1.82, 2.24) is 10.6 Å². The molecule has 1 saturated carbocycles. The smallest absolute Gasteiger partial charge is 0.269 e. The van der Waals surface area contributed by atoms with E-state index in [1.165, 1.54) is 31.4 Å². The lowest BCUT2D eigenvalue weighted by Gasteiger charge is -2.27. The number of hydrogen-bond donors (Lipinski definition) is 2. The number of amides is 2. The highest BCUT2D eigenvalue weighted by Gasteiger charge is 2.23. The number of carbonyl (C=O) groups excluding carboxylic acids is 2. The van der Waals surface area contributed by atoms with Gasteiger partial charge in [-0.05, 0) is 43.5 Å². The van der Waals surface area contributed by atoms with Crippen LogP contribution in [0.2, 0.25) is 0 Å². The van der Waals surface area contributed by atoms with Crippen LogP contribution in [0.4, 0.5) is 5.69 Å². The summed E-state index contributed by atoms with van der Waals surface area (Å²) in [5.41, 5.74) is 0.801. The summed E-state index contributed by atoms with van der Waals surface area (Å²) in [5, 5.41) is 16.3. The molecule has 150 valence electrons. The Morgan fingerprint density at radius 1 is 1.14 bits per heavy atom. The van der Waals surface area contributed by atoms with Crippen LogP contribution in [-0.2, 0) is 4.79 Å². The van der Waals surface area contributed by atoms with E-state index >= 15 is 0 Å². The minimum absolute atomic E-state index is 0.0738. The summed E-state index contributed by atoms with van der Waals surface area (Å²) < 4.78 is 5.31. The van der Waals surface area contributed by atoms with Crippen molar-refractivity contribution in [2.75, 3.05) is 7.11 Å². The normalized spacial score (nSPS) is 13.9.